The summed E-state index contributed by atoms with van der Waals surface area (Å²) in [6, 6.07) is 10.8. The van der Waals surface area contributed by atoms with Gasteiger partial charge >= 0.3 is 7.82 Å². The second kappa shape index (κ2) is 23.7. The molecule has 0 saturated heterocycles. The highest BCUT2D eigenvalue weighted by atomic mass is 31.2. The van der Waals surface area contributed by atoms with E-state index in [0.29, 0.717) is 24.3 Å². The molecule has 0 spiro atoms. The Balaban J connectivity index is 0. The second-order valence-electron chi connectivity index (χ2n) is 10.2. The Morgan fingerprint density at radius 2 is 1.60 bits per heavy atom. The van der Waals surface area contributed by atoms with Gasteiger partial charge in [0.1, 0.15) is 5.82 Å². The molecule has 3 aromatic rings. The van der Waals surface area contributed by atoms with Crippen molar-refractivity contribution >= 4 is 18.6 Å². The molecule has 0 aliphatic rings. The van der Waals surface area contributed by atoms with Gasteiger partial charge in [0.2, 0.25) is 0 Å². The van der Waals surface area contributed by atoms with Crippen molar-refractivity contribution in [1.29, 1.82) is 0 Å². The first-order valence-electron chi connectivity index (χ1n) is 14.5. The average molecular weight is 626 g/mol. The first-order chi connectivity index (χ1) is 20.0. The van der Waals surface area contributed by atoms with Crippen molar-refractivity contribution in [2.75, 3.05) is 6.61 Å². The highest BCUT2D eigenvalue weighted by Crippen LogP contribution is 2.36. The molecule has 1 heterocycles. The summed E-state index contributed by atoms with van der Waals surface area (Å²) < 4.78 is 52.5. The average Bonchev–Trinajstić information content (AvgIpc) is 2.92. The Morgan fingerprint density at radius 1 is 1.00 bits per heavy atom. The SMILES string of the molecule is C=C(C)C.C=C(C)CCC(C)CCCOP(=O)(O)O.CC.CCc1cccc(F)c1F.Cc1cc2cc(F)ccc2cn1. The molecule has 0 aliphatic heterocycles. The minimum atomic E-state index is -4.27. The number of fused-ring (bicyclic) bond motifs is 1. The molecule has 43 heavy (non-hydrogen) atoms. The topological polar surface area (TPSA) is 79.7 Å². The number of hydrogen-bond donors (Lipinski definition) is 2. The number of phosphoric acid groups is 1. The van der Waals surface area contributed by atoms with Crippen LogP contribution >= 0.6 is 7.82 Å². The van der Waals surface area contributed by atoms with E-state index in [1.54, 1.807) is 25.3 Å². The van der Waals surface area contributed by atoms with Crippen molar-refractivity contribution in [2.45, 2.75) is 87.5 Å². The third-order valence-corrected chi connectivity index (χ3v) is 5.92. The van der Waals surface area contributed by atoms with Gasteiger partial charge in [0.25, 0.3) is 0 Å². The number of benzene rings is 2. The van der Waals surface area contributed by atoms with E-state index in [1.165, 1.54) is 29.3 Å². The number of hydrogen-bond acceptors (Lipinski definition) is 3. The van der Waals surface area contributed by atoms with Crippen molar-refractivity contribution in [3.05, 3.63) is 102 Å². The van der Waals surface area contributed by atoms with E-state index in [4.69, 9.17) is 9.79 Å². The maximum atomic E-state index is 12.7. The Bertz CT molecular complexity index is 1240. The molecule has 9 heteroatoms. The zero-order valence-corrected chi connectivity index (χ0v) is 28.0. The molecule has 1 aromatic heterocycles. The van der Waals surface area contributed by atoms with Crippen LogP contribution in [0.1, 0.15) is 85.4 Å². The molecule has 3 rings (SSSR count). The van der Waals surface area contributed by atoms with Crippen LogP contribution in [0.25, 0.3) is 10.8 Å². The quantitative estimate of drug-likeness (QED) is 0.140. The number of pyridine rings is 1. The molecule has 0 bridgehead atoms. The number of aromatic nitrogens is 1. The van der Waals surface area contributed by atoms with Crippen LogP contribution in [0.15, 0.2) is 73.0 Å². The van der Waals surface area contributed by atoms with E-state index in [-0.39, 0.29) is 12.4 Å². The number of allylic oxidation sites excluding steroid dienone is 2. The highest BCUT2D eigenvalue weighted by molar-refractivity contribution is 7.46. The van der Waals surface area contributed by atoms with Crippen molar-refractivity contribution in [3.8, 4) is 0 Å². The lowest BCUT2D eigenvalue weighted by molar-refractivity contribution is 0.190. The minimum absolute atomic E-state index is 0.127. The van der Waals surface area contributed by atoms with E-state index in [1.807, 2.05) is 47.6 Å². The molecule has 242 valence electrons. The standard InChI is InChI=1S/C10H8FN.C10H21O4P.C8H8F2.C4H8.C2H6/c1-7-4-9-5-10(11)3-2-8(9)6-12-7;1-9(2)6-7-10(3)5-4-8-14-15(11,12)13;1-2-6-4-3-5-7(9)8(6)10;1-4(2)3;1-2/h2-6H,1H3;10H,1,4-8H2,2-3H3,(H2,11,12,13);3-5H,2H2,1H3;1H2,2-3H3;1-2H3. The lowest BCUT2D eigenvalue weighted by Crippen LogP contribution is -1.99. The molecule has 2 aromatic carbocycles. The summed E-state index contributed by atoms with van der Waals surface area (Å²) in [5.74, 6) is -1.14. The summed E-state index contributed by atoms with van der Waals surface area (Å²) >= 11 is 0. The summed E-state index contributed by atoms with van der Waals surface area (Å²) in [5.41, 5.74) is 3.68. The van der Waals surface area contributed by atoms with Crippen LogP contribution in [-0.2, 0) is 15.5 Å². The van der Waals surface area contributed by atoms with Crippen molar-refractivity contribution in [1.82, 2.24) is 4.98 Å². The van der Waals surface area contributed by atoms with Gasteiger partial charge in [-0.1, -0.05) is 51.0 Å². The molecule has 1 unspecified atom stereocenters. The Labute approximate surface area is 257 Å². The van der Waals surface area contributed by atoms with Gasteiger partial charge in [0.05, 0.1) is 6.61 Å². The normalized spacial score (nSPS) is 10.8. The van der Waals surface area contributed by atoms with Crippen LogP contribution in [0.2, 0.25) is 0 Å². The highest BCUT2D eigenvalue weighted by Gasteiger charge is 2.13. The summed E-state index contributed by atoms with van der Waals surface area (Å²) in [7, 11) is -4.27. The molecule has 0 amide bonds. The van der Waals surface area contributed by atoms with Crippen LogP contribution in [0.4, 0.5) is 13.2 Å². The molecule has 5 nitrogen and oxygen atoms in total. The smallest absolute Gasteiger partial charge is 0.303 e. The fourth-order valence-electron chi connectivity index (χ4n) is 3.30. The molecule has 0 fully saturated rings. The summed E-state index contributed by atoms with van der Waals surface area (Å²) in [5, 5.41) is 1.88. The lowest BCUT2D eigenvalue weighted by atomic mass is 9.98. The van der Waals surface area contributed by atoms with Crippen molar-refractivity contribution in [3.63, 3.8) is 0 Å². The number of rotatable bonds is 9. The first-order valence-corrected chi connectivity index (χ1v) is 16.0. The minimum Gasteiger partial charge on any atom is -0.303 e. The lowest BCUT2D eigenvalue weighted by Gasteiger charge is -2.11. The Morgan fingerprint density at radius 3 is 2.12 bits per heavy atom. The van der Waals surface area contributed by atoms with Crippen LogP contribution < -0.4 is 0 Å². The predicted octanol–water partition coefficient (Wildman–Crippen LogP) is 10.7. The van der Waals surface area contributed by atoms with Crippen LogP contribution in [0, 0.1) is 30.3 Å². The number of phosphoric ester groups is 1. The summed E-state index contributed by atoms with van der Waals surface area (Å²) in [6.07, 6.45) is 5.98. The fraction of sp³-hybridized carbons (Fsp3) is 0.441. The largest absolute Gasteiger partial charge is 0.469 e. The molecule has 2 N–H and O–H groups in total. The molecule has 0 radical (unpaired) electrons. The van der Waals surface area contributed by atoms with Gasteiger partial charge in [-0.2, -0.15) is 0 Å². The zero-order valence-electron chi connectivity index (χ0n) is 27.1. The van der Waals surface area contributed by atoms with E-state index in [0.717, 1.165) is 41.8 Å². The molecule has 0 aliphatic carbocycles. The molecular formula is C34H51F3NO4P. The van der Waals surface area contributed by atoms with Gasteiger partial charge in [-0.15, -0.1) is 13.2 Å². The van der Waals surface area contributed by atoms with E-state index >= 15 is 0 Å². The maximum Gasteiger partial charge on any atom is 0.469 e. The van der Waals surface area contributed by atoms with Gasteiger partial charge in [0.15, 0.2) is 11.6 Å². The number of aryl methyl sites for hydroxylation is 2. The van der Waals surface area contributed by atoms with Gasteiger partial charge in [-0.25, -0.2) is 17.7 Å². The van der Waals surface area contributed by atoms with Gasteiger partial charge in [0, 0.05) is 17.3 Å². The number of halogens is 3. The third kappa shape index (κ3) is 23.4. The van der Waals surface area contributed by atoms with Crippen molar-refractivity contribution in [2.24, 2.45) is 5.92 Å². The van der Waals surface area contributed by atoms with E-state index in [2.05, 4.69) is 29.6 Å². The van der Waals surface area contributed by atoms with Gasteiger partial charge in [-0.05, 0) is 107 Å². The van der Waals surface area contributed by atoms with Crippen LogP contribution in [0.3, 0.4) is 0 Å². The molecule has 1 atom stereocenters. The summed E-state index contributed by atoms with van der Waals surface area (Å²) in [4.78, 5) is 21.0. The maximum absolute atomic E-state index is 12.7. The second-order valence-corrected chi connectivity index (χ2v) is 11.4. The molecule has 0 saturated carbocycles. The fourth-order valence-corrected chi connectivity index (χ4v) is 3.66. The van der Waals surface area contributed by atoms with Gasteiger partial charge in [-0.3, -0.25) is 9.51 Å². The van der Waals surface area contributed by atoms with E-state index in [9.17, 15) is 17.7 Å². The van der Waals surface area contributed by atoms with Crippen LogP contribution in [-0.4, -0.2) is 21.4 Å². The Hall–Kier alpha value is -2.77. The molecular weight excluding hydrogens is 574 g/mol. The summed E-state index contributed by atoms with van der Waals surface area (Å²) in [6.45, 7) is 23.3. The van der Waals surface area contributed by atoms with Gasteiger partial charge < -0.3 is 9.79 Å². The monoisotopic (exact) mass is 625 g/mol. The predicted molar refractivity (Wildman–Crippen MR) is 174 cm³/mol. The zero-order chi connectivity index (χ0) is 33.6. The van der Waals surface area contributed by atoms with E-state index < -0.39 is 19.5 Å². The van der Waals surface area contributed by atoms with Crippen LogP contribution in [0.5, 0.6) is 0 Å². The van der Waals surface area contributed by atoms with Crippen molar-refractivity contribution < 1.29 is 32.0 Å². The first kappa shape index (κ1) is 42.4. The third-order valence-electron chi connectivity index (χ3n) is 5.40. The number of nitrogens with zero attached hydrogens (tertiary/aromatic N) is 1. The Kier molecular flexibility index (Phi) is 23.3.